The third-order valence-corrected chi connectivity index (χ3v) is 8.44. The maximum atomic E-state index is 12.4. The lowest BCUT2D eigenvalue weighted by atomic mass is 10.1. The van der Waals surface area contributed by atoms with Crippen LogP contribution >= 0.6 is 23.1 Å². The van der Waals surface area contributed by atoms with Crippen LogP contribution in [0.2, 0.25) is 0 Å². The quantitative estimate of drug-likeness (QED) is 0.499. The van der Waals surface area contributed by atoms with E-state index in [-0.39, 0.29) is 11.7 Å². The molecule has 1 aliphatic heterocycles. The molecular weight excluding hydrogens is 416 g/mol. The number of benzene rings is 1. The molecule has 0 bridgehead atoms. The van der Waals surface area contributed by atoms with Gasteiger partial charge < -0.3 is 0 Å². The normalized spacial score (nSPS) is 15.2. The topological polar surface area (TPSA) is 92.3 Å². The molecule has 7 nitrogen and oxygen atoms in total. The first kappa shape index (κ1) is 21.2. The Labute approximate surface area is 174 Å². The average Bonchev–Trinajstić information content (AvgIpc) is 3.32. The van der Waals surface area contributed by atoms with E-state index in [9.17, 15) is 13.2 Å². The Morgan fingerprint density at radius 3 is 2.54 bits per heavy atom. The van der Waals surface area contributed by atoms with Crippen molar-refractivity contribution in [3.8, 4) is 0 Å². The second-order valence-electron chi connectivity index (χ2n) is 7.09. The fraction of sp³-hybridized carbons (Fsp3) is 0.500. The largest absolute Gasteiger partial charge is 0.296 e. The number of rotatable bonds is 8. The summed E-state index contributed by atoms with van der Waals surface area (Å²) in [4.78, 5) is 12.4. The SMILES string of the molecule is CC(C)CSc1nnc(NC(=O)c2ccc(CS(=O)(=O)N3CCCC3)cc2)s1. The van der Waals surface area contributed by atoms with E-state index in [2.05, 4.69) is 29.4 Å². The first-order valence-electron chi connectivity index (χ1n) is 9.18. The number of carbonyl (C=O) groups excluding carboxylic acids is 1. The minimum atomic E-state index is -3.29. The molecule has 1 fully saturated rings. The van der Waals surface area contributed by atoms with E-state index < -0.39 is 10.0 Å². The van der Waals surface area contributed by atoms with E-state index in [0.29, 0.717) is 35.3 Å². The van der Waals surface area contributed by atoms with Gasteiger partial charge in [-0.2, -0.15) is 0 Å². The second kappa shape index (κ2) is 9.34. The van der Waals surface area contributed by atoms with Gasteiger partial charge >= 0.3 is 0 Å². The number of carbonyl (C=O) groups is 1. The molecule has 1 aromatic carbocycles. The molecule has 0 radical (unpaired) electrons. The summed E-state index contributed by atoms with van der Waals surface area (Å²) in [7, 11) is -3.29. The van der Waals surface area contributed by atoms with Crippen LogP contribution in [0.5, 0.6) is 0 Å². The first-order valence-corrected chi connectivity index (χ1v) is 12.6. The number of nitrogens with one attached hydrogen (secondary N) is 1. The van der Waals surface area contributed by atoms with Crippen LogP contribution in [0.25, 0.3) is 0 Å². The van der Waals surface area contributed by atoms with E-state index in [1.54, 1.807) is 36.0 Å². The van der Waals surface area contributed by atoms with Crippen LogP contribution in [0.1, 0.15) is 42.6 Å². The number of sulfonamides is 1. The maximum Gasteiger partial charge on any atom is 0.257 e. The lowest BCUT2D eigenvalue weighted by Crippen LogP contribution is -2.29. The minimum absolute atomic E-state index is 0.0399. The second-order valence-corrected chi connectivity index (χ2v) is 11.3. The molecule has 28 heavy (non-hydrogen) atoms. The summed E-state index contributed by atoms with van der Waals surface area (Å²) in [6.07, 6.45) is 1.84. The van der Waals surface area contributed by atoms with Crippen molar-refractivity contribution in [3.63, 3.8) is 0 Å². The number of hydrogen-bond donors (Lipinski definition) is 1. The van der Waals surface area contributed by atoms with Gasteiger partial charge in [0.2, 0.25) is 15.2 Å². The standard InChI is InChI=1S/C18H24N4O3S3/c1-13(2)11-26-18-21-20-17(27-18)19-16(23)15-7-5-14(6-8-15)12-28(24,25)22-9-3-4-10-22/h5-8,13H,3-4,9-12H2,1-2H3,(H,19,20,23). The molecule has 1 saturated heterocycles. The first-order chi connectivity index (χ1) is 13.3. The zero-order valence-electron chi connectivity index (χ0n) is 15.9. The van der Waals surface area contributed by atoms with Gasteiger partial charge in [0.1, 0.15) is 0 Å². The van der Waals surface area contributed by atoms with Gasteiger partial charge in [-0.1, -0.05) is 49.1 Å². The maximum absolute atomic E-state index is 12.4. The zero-order valence-corrected chi connectivity index (χ0v) is 18.4. The molecule has 2 heterocycles. The molecule has 0 aliphatic carbocycles. The molecule has 2 aromatic rings. The minimum Gasteiger partial charge on any atom is -0.296 e. The highest BCUT2D eigenvalue weighted by Crippen LogP contribution is 2.27. The van der Waals surface area contributed by atoms with E-state index >= 15 is 0 Å². The molecule has 0 saturated carbocycles. The van der Waals surface area contributed by atoms with Crippen molar-refractivity contribution in [2.75, 3.05) is 24.2 Å². The van der Waals surface area contributed by atoms with Crippen molar-refractivity contribution >= 4 is 44.2 Å². The highest BCUT2D eigenvalue weighted by Gasteiger charge is 2.25. The summed E-state index contributed by atoms with van der Waals surface area (Å²) in [5.41, 5.74) is 1.13. The Kier molecular flexibility index (Phi) is 7.08. The van der Waals surface area contributed by atoms with Crippen molar-refractivity contribution in [1.29, 1.82) is 0 Å². The number of amides is 1. The van der Waals surface area contributed by atoms with Gasteiger partial charge in [0.25, 0.3) is 5.91 Å². The van der Waals surface area contributed by atoms with E-state index in [1.807, 2.05) is 0 Å². The molecule has 3 rings (SSSR count). The predicted molar refractivity (Wildman–Crippen MR) is 113 cm³/mol. The summed E-state index contributed by atoms with van der Waals surface area (Å²) in [5.74, 6) is 1.18. The van der Waals surface area contributed by atoms with Crippen molar-refractivity contribution in [1.82, 2.24) is 14.5 Å². The molecule has 0 spiro atoms. The Morgan fingerprint density at radius 2 is 1.89 bits per heavy atom. The van der Waals surface area contributed by atoms with Gasteiger partial charge in [0.05, 0.1) is 5.75 Å². The van der Waals surface area contributed by atoms with Crippen LogP contribution in [0.3, 0.4) is 0 Å². The Bertz CT molecular complexity index is 904. The number of hydrogen-bond acceptors (Lipinski definition) is 7. The third kappa shape index (κ3) is 5.76. The van der Waals surface area contributed by atoms with Gasteiger partial charge in [-0.05, 0) is 36.5 Å². The van der Waals surface area contributed by atoms with Crippen LogP contribution in [0.4, 0.5) is 5.13 Å². The monoisotopic (exact) mass is 440 g/mol. The lowest BCUT2D eigenvalue weighted by Gasteiger charge is -2.15. The molecule has 1 N–H and O–H groups in total. The third-order valence-electron chi connectivity index (χ3n) is 4.19. The Morgan fingerprint density at radius 1 is 1.21 bits per heavy atom. The summed E-state index contributed by atoms with van der Waals surface area (Å²) < 4.78 is 27.1. The van der Waals surface area contributed by atoms with Gasteiger partial charge in [-0.3, -0.25) is 10.1 Å². The molecule has 152 valence electrons. The number of nitrogens with zero attached hydrogens (tertiary/aromatic N) is 3. The van der Waals surface area contributed by atoms with Crippen molar-refractivity contribution in [2.45, 2.75) is 36.8 Å². The summed E-state index contributed by atoms with van der Waals surface area (Å²) >= 11 is 2.97. The van der Waals surface area contributed by atoms with Crippen LogP contribution < -0.4 is 5.32 Å². The van der Waals surface area contributed by atoms with Crippen LogP contribution in [0.15, 0.2) is 28.6 Å². The molecule has 1 aliphatic rings. The van der Waals surface area contributed by atoms with E-state index in [1.165, 1.54) is 15.6 Å². The molecule has 1 amide bonds. The average molecular weight is 441 g/mol. The van der Waals surface area contributed by atoms with Crippen molar-refractivity contribution < 1.29 is 13.2 Å². The van der Waals surface area contributed by atoms with Gasteiger partial charge in [-0.25, -0.2) is 12.7 Å². The molecule has 0 atom stereocenters. The van der Waals surface area contributed by atoms with Gasteiger partial charge in [0, 0.05) is 24.4 Å². The lowest BCUT2D eigenvalue weighted by molar-refractivity contribution is 0.102. The van der Waals surface area contributed by atoms with E-state index in [0.717, 1.165) is 22.9 Å². The fourth-order valence-electron chi connectivity index (χ4n) is 2.75. The van der Waals surface area contributed by atoms with Crippen LogP contribution in [0, 0.1) is 5.92 Å². The number of aromatic nitrogens is 2. The molecule has 1 aromatic heterocycles. The Balaban J connectivity index is 1.58. The molecular formula is C18H24N4O3S3. The molecule has 10 heteroatoms. The highest BCUT2D eigenvalue weighted by atomic mass is 32.2. The Hall–Kier alpha value is -1.49. The van der Waals surface area contributed by atoms with Crippen molar-refractivity contribution in [2.24, 2.45) is 5.92 Å². The summed E-state index contributed by atoms with van der Waals surface area (Å²) in [5, 5.41) is 11.3. The van der Waals surface area contributed by atoms with Crippen molar-refractivity contribution in [3.05, 3.63) is 35.4 Å². The zero-order chi connectivity index (χ0) is 20.1. The molecule has 0 unspecified atom stereocenters. The highest BCUT2D eigenvalue weighted by molar-refractivity contribution is 8.01. The predicted octanol–water partition coefficient (Wildman–Crippen LogP) is 3.46. The van der Waals surface area contributed by atoms with Crippen LogP contribution in [-0.4, -0.2) is 47.7 Å². The smallest absolute Gasteiger partial charge is 0.257 e. The van der Waals surface area contributed by atoms with Gasteiger partial charge in [-0.15, -0.1) is 10.2 Å². The summed E-state index contributed by atoms with van der Waals surface area (Å²) in [6, 6.07) is 6.65. The van der Waals surface area contributed by atoms with E-state index in [4.69, 9.17) is 0 Å². The summed E-state index contributed by atoms with van der Waals surface area (Å²) in [6.45, 7) is 5.47. The van der Waals surface area contributed by atoms with Gasteiger partial charge in [0.15, 0.2) is 4.34 Å². The van der Waals surface area contributed by atoms with Crippen LogP contribution in [-0.2, 0) is 15.8 Å². The fourth-order valence-corrected chi connectivity index (χ4v) is 6.08. The number of thioether (sulfide) groups is 1. The number of anilines is 1.